The number of nitrogens with one attached hydrogen (secondary N) is 2. The van der Waals surface area contributed by atoms with Crippen LogP contribution in [0.5, 0.6) is 0 Å². The van der Waals surface area contributed by atoms with Crippen LogP contribution in [0, 0.1) is 11.3 Å². The SMILES string of the molecule is CNC(=O)NCC(C)C(C)(C)C. The van der Waals surface area contributed by atoms with Crippen LogP contribution in [0.4, 0.5) is 4.79 Å². The number of urea groups is 1. The Morgan fingerprint density at radius 1 is 1.42 bits per heavy atom. The molecule has 0 aromatic carbocycles. The Morgan fingerprint density at radius 3 is 2.25 bits per heavy atom. The van der Waals surface area contributed by atoms with Crippen LogP contribution in [0.3, 0.4) is 0 Å². The number of amides is 2. The van der Waals surface area contributed by atoms with E-state index in [2.05, 4.69) is 38.3 Å². The average Bonchev–Trinajstić information content (AvgIpc) is 1.97. The first-order chi connectivity index (χ1) is 5.38. The summed E-state index contributed by atoms with van der Waals surface area (Å²) in [5, 5.41) is 5.31. The van der Waals surface area contributed by atoms with Gasteiger partial charge in [-0.15, -0.1) is 0 Å². The molecule has 0 aliphatic carbocycles. The molecule has 0 bridgehead atoms. The summed E-state index contributed by atoms with van der Waals surface area (Å²) in [6, 6.07) is -0.105. The van der Waals surface area contributed by atoms with Crippen molar-refractivity contribution in [3.05, 3.63) is 0 Å². The smallest absolute Gasteiger partial charge is 0.314 e. The van der Waals surface area contributed by atoms with Gasteiger partial charge in [-0.1, -0.05) is 27.7 Å². The zero-order valence-electron chi connectivity index (χ0n) is 8.69. The third-order valence-electron chi connectivity index (χ3n) is 2.27. The van der Waals surface area contributed by atoms with Crippen LogP contribution in [0.1, 0.15) is 27.7 Å². The lowest BCUT2D eigenvalue weighted by Crippen LogP contribution is -2.38. The summed E-state index contributed by atoms with van der Waals surface area (Å²) in [5.74, 6) is 0.481. The van der Waals surface area contributed by atoms with Gasteiger partial charge in [0.2, 0.25) is 0 Å². The first kappa shape index (κ1) is 11.3. The van der Waals surface area contributed by atoms with Gasteiger partial charge < -0.3 is 10.6 Å². The monoisotopic (exact) mass is 172 g/mol. The molecule has 0 rings (SSSR count). The molecular formula is C9H20N2O. The number of carbonyl (C=O) groups is 1. The Bertz CT molecular complexity index is 149. The molecule has 72 valence electrons. The van der Waals surface area contributed by atoms with Crippen molar-refractivity contribution in [1.29, 1.82) is 0 Å². The third-order valence-corrected chi connectivity index (χ3v) is 2.27. The van der Waals surface area contributed by atoms with Crippen molar-refractivity contribution in [2.75, 3.05) is 13.6 Å². The molecule has 0 aliphatic heterocycles. The highest BCUT2D eigenvalue weighted by Crippen LogP contribution is 2.24. The highest BCUT2D eigenvalue weighted by atomic mass is 16.2. The second-order valence-corrected chi connectivity index (χ2v) is 4.23. The van der Waals surface area contributed by atoms with Gasteiger partial charge in [0.1, 0.15) is 0 Å². The molecule has 2 N–H and O–H groups in total. The van der Waals surface area contributed by atoms with Crippen molar-refractivity contribution in [3.8, 4) is 0 Å². The van der Waals surface area contributed by atoms with Crippen LogP contribution in [0.2, 0.25) is 0 Å². The van der Waals surface area contributed by atoms with Gasteiger partial charge >= 0.3 is 6.03 Å². The molecule has 2 amide bonds. The lowest BCUT2D eigenvalue weighted by molar-refractivity contribution is 0.226. The standard InChI is InChI=1S/C9H20N2O/c1-7(9(2,3)4)6-11-8(12)10-5/h7H,6H2,1-5H3,(H2,10,11,12). The van der Waals surface area contributed by atoms with Crippen molar-refractivity contribution in [3.63, 3.8) is 0 Å². The molecular weight excluding hydrogens is 152 g/mol. The van der Waals surface area contributed by atoms with E-state index in [1.807, 2.05) is 0 Å². The van der Waals surface area contributed by atoms with Crippen molar-refractivity contribution >= 4 is 6.03 Å². The molecule has 0 aromatic rings. The van der Waals surface area contributed by atoms with Gasteiger partial charge in [0.15, 0.2) is 0 Å². The first-order valence-corrected chi connectivity index (χ1v) is 4.33. The van der Waals surface area contributed by atoms with E-state index in [0.717, 1.165) is 6.54 Å². The average molecular weight is 172 g/mol. The van der Waals surface area contributed by atoms with Gasteiger partial charge in [0.25, 0.3) is 0 Å². The Kier molecular flexibility index (Phi) is 4.07. The number of rotatable bonds is 2. The van der Waals surface area contributed by atoms with Crippen LogP contribution in [0.15, 0.2) is 0 Å². The summed E-state index contributed by atoms with van der Waals surface area (Å²) in [7, 11) is 1.62. The predicted octanol–water partition coefficient (Wildman–Crippen LogP) is 1.60. The van der Waals surface area contributed by atoms with Crippen molar-refractivity contribution in [2.24, 2.45) is 11.3 Å². The van der Waals surface area contributed by atoms with E-state index in [1.54, 1.807) is 7.05 Å². The molecule has 1 unspecified atom stereocenters. The van der Waals surface area contributed by atoms with Crippen molar-refractivity contribution in [2.45, 2.75) is 27.7 Å². The second-order valence-electron chi connectivity index (χ2n) is 4.23. The summed E-state index contributed by atoms with van der Waals surface area (Å²) in [4.78, 5) is 10.8. The minimum absolute atomic E-state index is 0.105. The first-order valence-electron chi connectivity index (χ1n) is 4.33. The maximum Gasteiger partial charge on any atom is 0.314 e. The number of carbonyl (C=O) groups excluding carboxylic acids is 1. The summed E-state index contributed by atoms with van der Waals surface area (Å²) in [6.07, 6.45) is 0. The maximum atomic E-state index is 10.8. The summed E-state index contributed by atoms with van der Waals surface area (Å²) in [5.41, 5.74) is 0.251. The van der Waals surface area contributed by atoms with Gasteiger partial charge in [-0.25, -0.2) is 4.79 Å². The van der Waals surface area contributed by atoms with Crippen molar-refractivity contribution < 1.29 is 4.79 Å². The van der Waals surface area contributed by atoms with Gasteiger partial charge in [-0.05, 0) is 11.3 Å². The zero-order chi connectivity index (χ0) is 9.78. The molecule has 3 nitrogen and oxygen atoms in total. The molecule has 0 spiro atoms. The zero-order valence-corrected chi connectivity index (χ0v) is 8.69. The van der Waals surface area contributed by atoms with Gasteiger partial charge in [0.05, 0.1) is 0 Å². The molecule has 12 heavy (non-hydrogen) atoms. The fraction of sp³-hybridized carbons (Fsp3) is 0.889. The predicted molar refractivity (Wildman–Crippen MR) is 51.1 cm³/mol. The second kappa shape index (κ2) is 4.33. The van der Waals surface area contributed by atoms with Crippen LogP contribution >= 0.6 is 0 Å². The van der Waals surface area contributed by atoms with E-state index < -0.39 is 0 Å². The van der Waals surface area contributed by atoms with Gasteiger partial charge in [-0.3, -0.25) is 0 Å². The molecule has 0 radical (unpaired) electrons. The molecule has 1 atom stereocenters. The topological polar surface area (TPSA) is 41.1 Å². The lowest BCUT2D eigenvalue weighted by Gasteiger charge is -2.27. The van der Waals surface area contributed by atoms with Crippen molar-refractivity contribution in [1.82, 2.24) is 10.6 Å². The summed E-state index contributed by atoms with van der Waals surface area (Å²) in [6.45, 7) is 9.37. The third kappa shape index (κ3) is 4.21. The minimum Gasteiger partial charge on any atom is -0.341 e. The molecule has 0 saturated carbocycles. The summed E-state index contributed by atoms with van der Waals surface area (Å²) >= 11 is 0. The molecule has 3 heteroatoms. The molecule has 0 fully saturated rings. The highest BCUT2D eigenvalue weighted by molar-refractivity contribution is 5.73. The Hall–Kier alpha value is -0.730. The van der Waals surface area contributed by atoms with Crippen LogP contribution in [-0.4, -0.2) is 19.6 Å². The van der Waals surface area contributed by atoms with Crippen LogP contribution < -0.4 is 10.6 Å². The van der Waals surface area contributed by atoms with E-state index in [9.17, 15) is 4.79 Å². The van der Waals surface area contributed by atoms with Gasteiger partial charge in [-0.2, -0.15) is 0 Å². The molecule has 0 heterocycles. The molecule has 0 aliphatic rings. The Morgan fingerprint density at radius 2 is 1.92 bits per heavy atom. The highest BCUT2D eigenvalue weighted by Gasteiger charge is 2.19. The molecule has 0 aromatic heterocycles. The fourth-order valence-electron chi connectivity index (χ4n) is 0.640. The Labute approximate surface area is 74.9 Å². The largest absolute Gasteiger partial charge is 0.341 e. The fourth-order valence-corrected chi connectivity index (χ4v) is 0.640. The van der Waals surface area contributed by atoms with Crippen LogP contribution in [-0.2, 0) is 0 Å². The van der Waals surface area contributed by atoms with Gasteiger partial charge in [0, 0.05) is 13.6 Å². The van der Waals surface area contributed by atoms with E-state index in [0.29, 0.717) is 5.92 Å². The normalized spacial score (nSPS) is 13.8. The Balaban J connectivity index is 3.72. The van der Waals surface area contributed by atoms with E-state index in [1.165, 1.54) is 0 Å². The summed E-state index contributed by atoms with van der Waals surface area (Å²) < 4.78 is 0. The van der Waals surface area contributed by atoms with E-state index in [-0.39, 0.29) is 11.4 Å². The lowest BCUT2D eigenvalue weighted by atomic mass is 9.82. The number of hydrogen-bond acceptors (Lipinski definition) is 1. The minimum atomic E-state index is -0.105. The van der Waals surface area contributed by atoms with E-state index >= 15 is 0 Å². The maximum absolute atomic E-state index is 10.8. The molecule has 0 saturated heterocycles. The quantitative estimate of drug-likeness (QED) is 0.652. The number of hydrogen-bond donors (Lipinski definition) is 2. The van der Waals surface area contributed by atoms with E-state index in [4.69, 9.17) is 0 Å². The van der Waals surface area contributed by atoms with Crippen LogP contribution in [0.25, 0.3) is 0 Å².